The van der Waals surface area contributed by atoms with Gasteiger partial charge in [0.25, 0.3) is 0 Å². The van der Waals surface area contributed by atoms with Crippen molar-refractivity contribution in [2.45, 2.75) is 0 Å². The Morgan fingerprint density at radius 2 is 2.00 bits per heavy atom. The maximum absolute atomic E-state index is 8.69. The molecule has 3 nitrogen and oxygen atoms in total. The van der Waals surface area contributed by atoms with Gasteiger partial charge in [0.2, 0.25) is 0 Å². The molecule has 0 aliphatic heterocycles. The molecule has 0 aromatic heterocycles. The molecule has 1 aromatic carbocycles. The molecular formula is C9H11NO2S. The maximum atomic E-state index is 8.69. The Balaban J connectivity index is 2.69. The average Bonchev–Trinajstić information content (AvgIpc) is 2.21. The highest BCUT2D eigenvalue weighted by molar-refractivity contribution is 8.14. The molecule has 0 atom stereocenters. The summed E-state index contributed by atoms with van der Waals surface area (Å²) in [5, 5.41) is 21.0. The van der Waals surface area contributed by atoms with Crippen molar-refractivity contribution in [2.75, 3.05) is 12.4 Å². The molecule has 0 heterocycles. The lowest BCUT2D eigenvalue weighted by Gasteiger charge is -2.01. The van der Waals surface area contributed by atoms with E-state index in [-0.39, 0.29) is 6.61 Å². The quantitative estimate of drug-likeness (QED) is 0.334. The number of nitrogens with zero attached hydrogens (tertiary/aromatic N) is 1. The van der Waals surface area contributed by atoms with Crippen LogP contribution in [-0.4, -0.2) is 27.7 Å². The standard InChI is InChI=1S/C9H11NO2S/c11-6-7-13-9(10-12)8-4-2-1-3-5-8/h1-5,11-12H,6-7H2/b10-9-. The lowest BCUT2D eigenvalue weighted by molar-refractivity contribution is 0.320. The van der Waals surface area contributed by atoms with Gasteiger partial charge in [-0.1, -0.05) is 35.5 Å². The third kappa shape index (κ3) is 3.08. The Labute approximate surface area is 81.1 Å². The van der Waals surface area contributed by atoms with Crippen LogP contribution in [0.2, 0.25) is 0 Å². The van der Waals surface area contributed by atoms with E-state index in [1.165, 1.54) is 11.8 Å². The minimum absolute atomic E-state index is 0.0799. The predicted molar refractivity (Wildman–Crippen MR) is 54.3 cm³/mol. The summed E-state index contributed by atoms with van der Waals surface area (Å²) in [7, 11) is 0. The molecule has 70 valence electrons. The molecule has 1 rings (SSSR count). The van der Waals surface area contributed by atoms with E-state index in [1.54, 1.807) is 0 Å². The molecule has 0 saturated carbocycles. The van der Waals surface area contributed by atoms with E-state index in [9.17, 15) is 0 Å². The van der Waals surface area contributed by atoms with Gasteiger partial charge in [-0.25, -0.2) is 0 Å². The number of hydrogen-bond acceptors (Lipinski definition) is 4. The van der Waals surface area contributed by atoms with Crippen LogP contribution in [-0.2, 0) is 0 Å². The van der Waals surface area contributed by atoms with Gasteiger partial charge in [-0.15, -0.1) is 11.8 Å². The Morgan fingerprint density at radius 1 is 1.31 bits per heavy atom. The summed E-state index contributed by atoms with van der Waals surface area (Å²) in [5.41, 5.74) is 0.864. The fourth-order valence-corrected chi connectivity index (χ4v) is 1.54. The van der Waals surface area contributed by atoms with E-state index in [0.717, 1.165) is 5.56 Å². The molecule has 13 heavy (non-hydrogen) atoms. The van der Waals surface area contributed by atoms with Crippen molar-refractivity contribution < 1.29 is 10.3 Å². The minimum Gasteiger partial charge on any atom is -0.410 e. The number of aliphatic hydroxyl groups excluding tert-OH is 1. The fourth-order valence-electron chi connectivity index (χ4n) is 0.893. The summed E-state index contributed by atoms with van der Waals surface area (Å²) in [6.07, 6.45) is 0. The van der Waals surface area contributed by atoms with Crippen LogP contribution in [0.5, 0.6) is 0 Å². The Bertz CT molecular complexity index is 274. The van der Waals surface area contributed by atoms with Crippen molar-refractivity contribution >= 4 is 16.8 Å². The fraction of sp³-hybridized carbons (Fsp3) is 0.222. The second-order valence-electron chi connectivity index (χ2n) is 2.34. The van der Waals surface area contributed by atoms with Gasteiger partial charge < -0.3 is 10.3 Å². The third-order valence-electron chi connectivity index (χ3n) is 1.44. The summed E-state index contributed by atoms with van der Waals surface area (Å²) in [6.45, 7) is 0.0799. The molecule has 0 bridgehead atoms. The lowest BCUT2D eigenvalue weighted by Crippen LogP contribution is -1.98. The first kappa shape index (κ1) is 10.1. The minimum atomic E-state index is 0.0799. The first-order chi connectivity index (χ1) is 6.38. The number of thioether (sulfide) groups is 1. The van der Waals surface area contributed by atoms with Gasteiger partial charge in [0.05, 0.1) is 6.61 Å². The number of aliphatic hydroxyl groups is 1. The number of hydrogen-bond donors (Lipinski definition) is 2. The van der Waals surface area contributed by atoms with Crippen LogP contribution in [0.1, 0.15) is 5.56 Å². The number of rotatable bonds is 3. The van der Waals surface area contributed by atoms with Gasteiger partial charge in [0, 0.05) is 11.3 Å². The molecule has 0 aliphatic carbocycles. The van der Waals surface area contributed by atoms with Crippen molar-refractivity contribution in [2.24, 2.45) is 5.16 Å². The van der Waals surface area contributed by atoms with Crippen LogP contribution >= 0.6 is 11.8 Å². The van der Waals surface area contributed by atoms with E-state index in [2.05, 4.69) is 5.16 Å². The molecular weight excluding hydrogens is 186 g/mol. The van der Waals surface area contributed by atoms with Crippen molar-refractivity contribution in [3.63, 3.8) is 0 Å². The summed E-state index contributed by atoms with van der Waals surface area (Å²) < 4.78 is 0. The molecule has 4 heteroatoms. The zero-order chi connectivity index (χ0) is 9.52. The predicted octanol–water partition coefficient (Wildman–Crippen LogP) is 1.55. The van der Waals surface area contributed by atoms with Crippen LogP contribution in [0.25, 0.3) is 0 Å². The Morgan fingerprint density at radius 3 is 2.54 bits per heavy atom. The van der Waals surface area contributed by atoms with Crippen LogP contribution in [0.4, 0.5) is 0 Å². The van der Waals surface area contributed by atoms with Gasteiger partial charge in [-0.05, 0) is 0 Å². The van der Waals surface area contributed by atoms with Crippen LogP contribution in [0, 0.1) is 0 Å². The van der Waals surface area contributed by atoms with Gasteiger partial charge in [-0.2, -0.15) is 0 Å². The summed E-state index contributed by atoms with van der Waals surface area (Å²) >= 11 is 1.32. The zero-order valence-corrected chi connectivity index (χ0v) is 7.87. The van der Waals surface area contributed by atoms with Gasteiger partial charge in [-0.3, -0.25) is 0 Å². The maximum Gasteiger partial charge on any atom is 0.143 e. The summed E-state index contributed by atoms with van der Waals surface area (Å²) in [6, 6.07) is 9.37. The molecule has 2 N–H and O–H groups in total. The largest absolute Gasteiger partial charge is 0.410 e. The summed E-state index contributed by atoms with van der Waals surface area (Å²) in [4.78, 5) is 0. The molecule has 0 amide bonds. The van der Waals surface area contributed by atoms with Crippen LogP contribution < -0.4 is 0 Å². The molecule has 0 radical (unpaired) electrons. The third-order valence-corrected chi connectivity index (χ3v) is 2.42. The monoisotopic (exact) mass is 197 g/mol. The molecule has 0 fully saturated rings. The van der Waals surface area contributed by atoms with Gasteiger partial charge in [0.15, 0.2) is 0 Å². The number of oxime groups is 1. The van der Waals surface area contributed by atoms with Crippen molar-refractivity contribution in [1.82, 2.24) is 0 Å². The highest BCUT2D eigenvalue weighted by atomic mass is 32.2. The van der Waals surface area contributed by atoms with Gasteiger partial charge in [0.1, 0.15) is 5.04 Å². The molecule has 0 spiro atoms. The second kappa shape index (κ2) is 5.61. The van der Waals surface area contributed by atoms with E-state index >= 15 is 0 Å². The Hall–Kier alpha value is -1.00. The lowest BCUT2D eigenvalue weighted by atomic mass is 10.2. The van der Waals surface area contributed by atoms with Crippen molar-refractivity contribution in [1.29, 1.82) is 0 Å². The smallest absolute Gasteiger partial charge is 0.143 e. The van der Waals surface area contributed by atoms with Crippen molar-refractivity contribution in [3.8, 4) is 0 Å². The average molecular weight is 197 g/mol. The first-order valence-electron chi connectivity index (χ1n) is 3.89. The molecule has 1 aromatic rings. The van der Waals surface area contributed by atoms with E-state index < -0.39 is 0 Å². The first-order valence-corrected chi connectivity index (χ1v) is 4.88. The molecule has 0 unspecified atom stereocenters. The second-order valence-corrected chi connectivity index (χ2v) is 3.43. The van der Waals surface area contributed by atoms with Crippen LogP contribution in [0.15, 0.2) is 35.5 Å². The van der Waals surface area contributed by atoms with Crippen molar-refractivity contribution in [3.05, 3.63) is 35.9 Å². The van der Waals surface area contributed by atoms with E-state index in [1.807, 2.05) is 30.3 Å². The topological polar surface area (TPSA) is 52.8 Å². The molecule has 0 aliphatic rings. The highest BCUT2D eigenvalue weighted by Gasteiger charge is 2.02. The Kier molecular flexibility index (Phi) is 4.35. The summed E-state index contributed by atoms with van der Waals surface area (Å²) in [5.74, 6) is 0.536. The highest BCUT2D eigenvalue weighted by Crippen LogP contribution is 2.12. The SMILES string of the molecule is OCCS/C(=N\O)c1ccccc1. The van der Waals surface area contributed by atoms with E-state index in [4.69, 9.17) is 10.3 Å². The normalized spacial score (nSPS) is 11.6. The van der Waals surface area contributed by atoms with Gasteiger partial charge >= 0.3 is 0 Å². The molecule has 0 saturated heterocycles. The van der Waals surface area contributed by atoms with E-state index in [0.29, 0.717) is 10.8 Å². The van der Waals surface area contributed by atoms with Crippen LogP contribution in [0.3, 0.4) is 0 Å². The zero-order valence-electron chi connectivity index (χ0n) is 7.05. The number of benzene rings is 1.